The third kappa shape index (κ3) is 7.29. The van der Waals surface area contributed by atoms with Crippen molar-refractivity contribution in [1.82, 2.24) is 9.49 Å². The summed E-state index contributed by atoms with van der Waals surface area (Å²) in [6.45, 7) is 28.5. The van der Waals surface area contributed by atoms with Crippen LogP contribution in [0.4, 0.5) is 0 Å². The van der Waals surface area contributed by atoms with Gasteiger partial charge < -0.3 is 0 Å². The van der Waals surface area contributed by atoms with Gasteiger partial charge in [-0.2, -0.15) is 0 Å². The van der Waals surface area contributed by atoms with Crippen LogP contribution in [0.15, 0.2) is 12.1 Å². The maximum absolute atomic E-state index is 4.97. The maximum atomic E-state index is 4.97. The van der Waals surface area contributed by atoms with Gasteiger partial charge in [-0.25, -0.2) is 9.49 Å². The van der Waals surface area contributed by atoms with E-state index in [-0.39, 0.29) is 10.8 Å². The lowest BCUT2D eigenvalue weighted by molar-refractivity contribution is 0.574. The lowest BCUT2D eigenvalue weighted by Gasteiger charge is -2.26. The number of aromatic nitrogens is 2. The van der Waals surface area contributed by atoms with Crippen LogP contribution in [0.25, 0.3) is 0 Å². The van der Waals surface area contributed by atoms with Gasteiger partial charge >= 0.3 is 0 Å². The Hall–Kier alpha value is -0.406. The first-order valence-electron chi connectivity index (χ1n) is 11.7. The van der Waals surface area contributed by atoms with Gasteiger partial charge in [-0.1, -0.05) is 80.8 Å². The van der Waals surface area contributed by atoms with E-state index in [0.717, 1.165) is 12.8 Å². The second kappa shape index (κ2) is 9.45. The molecule has 2 heterocycles. The van der Waals surface area contributed by atoms with Gasteiger partial charge in [0.15, 0.2) is 0 Å². The van der Waals surface area contributed by atoms with E-state index >= 15 is 0 Å². The molecule has 0 radical (unpaired) electrons. The molecule has 0 aliphatic heterocycles. The van der Waals surface area contributed by atoms with Gasteiger partial charge in [-0.15, -0.1) is 0 Å². The van der Waals surface area contributed by atoms with Gasteiger partial charge in [-0.3, -0.25) is 0 Å². The Bertz CT molecular complexity index is 840. The molecule has 0 unspecified atom stereocenters. The molecule has 31 heavy (non-hydrogen) atoms. The number of aryl methyl sites for hydroxylation is 2. The molecule has 0 aliphatic carbocycles. The van der Waals surface area contributed by atoms with Crippen LogP contribution >= 0.6 is 16.7 Å². The standard InChI is InChI=1S/C25H44N2P2Si2/c1-24(2,3)22-16-20(30(7,8)9)18(28-26-22)14-13-15-19-21(31(10,11)12)17-23(27-29-19)25(4,5)6/h16-17H,13-15H2,1-12H3. The second-order valence-corrected chi connectivity index (χ2v) is 25.0. The van der Waals surface area contributed by atoms with Crippen molar-refractivity contribution in [3.8, 4) is 0 Å². The first-order chi connectivity index (χ1) is 13.9. The van der Waals surface area contributed by atoms with Crippen molar-refractivity contribution in [2.24, 2.45) is 0 Å². The normalized spacial score (nSPS) is 14.1. The SMILES string of the molecule is CC(C)(C)c1cc([Si](C)(C)C)c(CCCc2pnc(C(C)(C)C)cc2[Si](C)(C)C)pn1. The Morgan fingerprint density at radius 1 is 0.645 bits per heavy atom. The van der Waals surface area contributed by atoms with Crippen molar-refractivity contribution in [2.45, 2.75) is 111 Å². The zero-order valence-corrected chi connectivity index (χ0v) is 25.9. The number of rotatable bonds is 6. The summed E-state index contributed by atoms with van der Waals surface area (Å²) < 4.78 is 9.93. The molecule has 0 saturated heterocycles. The van der Waals surface area contributed by atoms with Gasteiger partial charge in [0, 0.05) is 27.5 Å². The molecule has 2 aromatic rings. The molecule has 6 heteroatoms. The van der Waals surface area contributed by atoms with Crippen molar-refractivity contribution in [3.63, 3.8) is 0 Å². The fourth-order valence-corrected chi connectivity index (χ4v) is 11.1. The third-order valence-corrected chi connectivity index (χ3v) is 12.3. The molecule has 2 aromatic heterocycles. The predicted octanol–water partition coefficient (Wildman–Crippen LogP) is 7.50. The van der Waals surface area contributed by atoms with E-state index in [1.165, 1.54) is 34.5 Å². The third-order valence-electron chi connectivity index (χ3n) is 5.72. The van der Waals surface area contributed by atoms with E-state index in [1.54, 1.807) is 21.0 Å². The summed E-state index contributed by atoms with van der Waals surface area (Å²) >= 11 is 0. The molecule has 0 bridgehead atoms. The van der Waals surface area contributed by atoms with Crippen LogP contribution in [0.5, 0.6) is 0 Å². The Morgan fingerprint density at radius 3 is 1.23 bits per heavy atom. The molecule has 0 aromatic carbocycles. The van der Waals surface area contributed by atoms with Crippen LogP contribution in [0.1, 0.15) is 69.9 Å². The zero-order chi connectivity index (χ0) is 23.8. The molecular weight excluding hydrogens is 446 g/mol. The molecule has 0 N–H and O–H groups in total. The van der Waals surface area contributed by atoms with E-state index in [0.29, 0.717) is 0 Å². The summed E-state index contributed by atoms with van der Waals surface area (Å²) in [4.78, 5) is 0. The Kier molecular flexibility index (Phi) is 8.18. The highest BCUT2D eigenvalue weighted by Gasteiger charge is 2.26. The smallest absolute Gasteiger partial charge is 0.0785 e. The number of hydrogen-bond acceptors (Lipinski definition) is 2. The topological polar surface area (TPSA) is 25.8 Å². The summed E-state index contributed by atoms with van der Waals surface area (Å²) in [6.07, 6.45) is 3.52. The summed E-state index contributed by atoms with van der Waals surface area (Å²) in [5.74, 6) is 0. The quantitative estimate of drug-likeness (QED) is 0.392. The van der Waals surface area contributed by atoms with Crippen LogP contribution in [-0.4, -0.2) is 25.6 Å². The van der Waals surface area contributed by atoms with Gasteiger partial charge in [0.1, 0.15) is 0 Å². The lowest BCUT2D eigenvalue weighted by atomic mass is 9.92. The molecule has 2 rings (SSSR count). The fourth-order valence-electron chi connectivity index (χ4n) is 3.66. The highest BCUT2D eigenvalue weighted by Crippen LogP contribution is 2.27. The zero-order valence-electron chi connectivity index (χ0n) is 22.1. The number of hydrogen-bond donors (Lipinski definition) is 0. The lowest BCUT2D eigenvalue weighted by Crippen LogP contribution is -2.41. The highest BCUT2D eigenvalue weighted by molar-refractivity contribution is 7.27. The predicted molar refractivity (Wildman–Crippen MR) is 149 cm³/mol. The molecule has 0 spiro atoms. The van der Waals surface area contributed by atoms with E-state index in [9.17, 15) is 0 Å². The minimum atomic E-state index is -1.40. The molecule has 172 valence electrons. The molecule has 0 saturated carbocycles. The van der Waals surface area contributed by atoms with Crippen LogP contribution < -0.4 is 10.4 Å². The largest absolute Gasteiger partial charge is 0.231 e. The molecule has 0 fully saturated rings. The first kappa shape index (κ1) is 26.8. The summed E-state index contributed by atoms with van der Waals surface area (Å²) in [7, 11) is -0.431. The van der Waals surface area contributed by atoms with Crippen molar-refractivity contribution in [3.05, 3.63) is 34.1 Å². The van der Waals surface area contributed by atoms with E-state index in [4.69, 9.17) is 9.49 Å². The summed E-state index contributed by atoms with van der Waals surface area (Å²) in [5.41, 5.74) is 2.78. The van der Waals surface area contributed by atoms with Crippen molar-refractivity contribution < 1.29 is 0 Å². The molecular formula is C25H44N2P2Si2. The average molecular weight is 491 g/mol. The minimum Gasteiger partial charge on any atom is -0.231 e. The Morgan fingerprint density at radius 2 is 0.968 bits per heavy atom. The van der Waals surface area contributed by atoms with E-state index in [1.807, 2.05) is 0 Å². The minimum absolute atomic E-state index is 0.125. The van der Waals surface area contributed by atoms with Crippen LogP contribution in [0.3, 0.4) is 0 Å². The van der Waals surface area contributed by atoms with Gasteiger partial charge in [-0.05, 0) is 52.4 Å². The van der Waals surface area contributed by atoms with Crippen LogP contribution in [0, 0.1) is 0 Å². The Labute approximate surface area is 197 Å². The van der Waals surface area contributed by atoms with Gasteiger partial charge in [0.25, 0.3) is 0 Å². The van der Waals surface area contributed by atoms with Gasteiger partial charge in [0.2, 0.25) is 0 Å². The fraction of sp³-hybridized carbons (Fsp3) is 0.680. The van der Waals surface area contributed by atoms with Crippen molar-refractivity contribution in [2.75, 3.05) is 0 Å². The highest BCUT2D eigenvalue weighted by atomic mass is 31.0. The van der Waals surface area contributed by atoms with Crippen molar-refractivity contribution in [1.29, 1.82) is 0 Å². The number of nitrogens with zero attached hydrogens (tertiary/aromatic N) is 2. The maximum Gasteiger partial charge on any atom is 0.0785 e. The molecule has 0 atom stereocenters. The first-order valence-corrected chi connectivity index (χ1v) is 20.4. The monoisotopic (exact) mass is 490 g/mol. The van der Waals surface area contributed by atoms with Crippen molar-refractivity contribution >= 4 is 43.2 Å². The summed E-state index contributed by atoms with van der Waals surface area (Å²) in [6, 6.07) is 4.88. The molecule has 0 aliphatic rings. The second-order valence-electron chi connectivity index (χ2n) is 13.0. The van der Waals surface area contributed by atoms with E-state index in [2.05, 4.69) is 93.0 Å². The molecule has 0 amide bonds. The molecule has 2 nitrogen and oxygen atoms in total. The summed E-state index contributed by atoms with van der Waals surface area (Å²) in [5, 5.41) is 6.40. The van der Waals surface area contributed by atoms with Crippen LogP contribution in [0.2, 0.25) is 39.3 Å². The average Bonchev–Trinajstić information content (AvgIpc) is 2.58. The Balaban J connectivity index is 2.29. The van der Waals surface area contributed by atoms with Crippen LogP contribution in [-0.2, 0) is 23.7 Å². The van der Waals surface area contributed by atoms with E-state index < -0.39 is 16.1 Å². The van der Waals surface area contributed by atoms with Gasteiger partial charge in [0.05, 0.1) is 27.5 Å².